The van der Waals surface area contributed by atoms with E-state index in [1.165, 1.54) is 18.9 Å². The number of aryl methyl sites for hydroxylation is 1. The van der Waals surface area contributed by atoms with Crippen LogP contribution in [-0.2, 0) is 9.59 Å². The summed E-state index contributed by atoms with van der Waals surface area (Å²) in [5.41, 5.74) is 2.63. The fraction of sp³-hybridized carbons (Fsp3) is 0.227. The minimum Gasteiger partial charge on any atom is -0.493 e. The van der Waals surface area contributed by atoms with Gasteiger partial charge in [-0.3, -0.25) is 9.69 Å². The number of amidine groups is 1. The van der Waals surface area contributed by atoms with Crippen LogP contribution in [0.2, 0.25) is 0 Å². The van der Waals surface area contributed by atoms with Gasteiger partial charge in [-0.25, -0.2) is 9.79 Å². The maximum atomic E-state index is 12.9. The minimum atomic E-state index is -1.09. The summed E-state index contributed by atoms with van der Waals surface area (Å²) in [4.78, 5) is 30.5. The minimum absolute atomic E-state index is 0.125. The van der Waals surface area contributed by atoms with Gasteiger partial charge in [0, 0.05) is 6.54 Å². The number of likely N-dealkylation sites (N-methyl/N-ethyl adjacent to an activating group) is 1. The first kappa shape index (κ1) is 22.9. The molecule has 0 atom stereocenters. The number of amides is 1. The van der Waals surface area contributed by atoms with E-state index in [1.807, 2.05) is 38.1 Å². The lowest BCUT2D eigenvalue weighted by Crippen LogP contribution is -2.28. The average Bonchev–Trinajstić information content (AvgIpc) is 3.02. The smallest absolute Gasteiger partial charge is 0.341 e. The Labute approximate surface area is 192 Å². The highest BCUT2D eigenvalue weighted by atomic mass is 79.9. The van der Waals surface area contributed by atoms with Gasteiger partial charge in [-0.15, -0.1) is 0 Å². The summed E-state index contributed by atoms with van der Waals surface area (Å²) in [7, 11) is 1.47. The highest BCUT2D eigenvalue weighted by Gasteiger charge is 2.32. The number of aliphatic carboxylic acids is 1. The van der Waals surface area contributed by atoms with Crippen molar-refractivity contribution in [2.75, 3.05) is 20.3 Å². The lowest BCUT2D eigenvalue weighted by atomic mass is 10.2. The Kier molecular flexibility index (Phi) is 7.40. The second-order valence-corrected chi connectivity index (χ2v) is 8.47. The summed E-state index contributed by atoms with van der Waals surface area (Å²) in [6, 6.07) is 11.2. The van der Waals surface area contributed by atoms with Crippen LogP contribution in [0.4, 0.5) is 5.69 Å². The highest BCUT2D eigenvalue weighted by molar-refractivity contribution is 9.10. The molecule has 1 amide bonds. The van der Waals surface area contributed by atoms with E-state index < -0.39 is 12.6 Å². The molecule has 31 heavy (non-hydrogen) atoms. The van der Waals surface area contributed by atoms with Crippen LogP contribution in [0.25, 0.3) is 6.08 Å². The Balaban J connectivity index is 1.92. The number of ether oxygens (including phenoxy) is 2. The van der Waals surface area contributed by atoms with Gasteiger partial charge in [0.1, 0.15) is 0 Å². The van der Waals surface area contributed by atoms with E-state index in [9.17, 15) is 9.59 Å². The molecule has 1 aliphatic rings. The maximum Gasteiger partial charge on any atom is 0.341 e. The predicted molar refractivity (Wildman–Crippen MR) is 125 cm³/mol. The molecule has 7 nitrogen and oxygen atoms in total. The summed E-state index contributed by atoms with van der Waals surface area (Å²) in [5, 5.41) is 9.47. The number of carbonyl (C=O) groups is 2. The van der Waals surface area contributed by atoms with E-state index in [0.29, 0.717) is 32.4 Å². The molecule has 1 fully saturated rings. The van der Waals surface area contributed by atoms with Gasteiger partial charge in [-0.1, -0.05) is 17.7 Å². The SMILES string of the molecule is CCN1C(=O)/C(=C\c2cc(Br)c(OCC(=O)O)c(OC)c2)SC1=Nc1ccc(C)cc1. The molecule has 1 saturated heterocycles. The van der Waals surface area contributed by atoms with Crippen LogP contribution >= 0.6 is 27.7 Å². The number of carboxylic acids is 1. The molecular weight excluding hydrogens is 484 g/mol. The lowest BCUT2D eigenvalue weighted by Gasteiger charge is -2.12. The first-order valence-corrected chi connectivity index (χ1v) is 11.0. The van der Waals surface area contributed by atoms with Crippen molar-refractivity contribution < 1.29 is 24.2 Å². The van der Waals surface area contributed by atoms with Crippen molar-refractivity contribution in [2.45, 2.75) is 13.8 Å². The molecule has 9 heteroatoms. The van der Waals surface area contributed by atoms with Crippen molar-refractivity contribution in [2.24, 2.45) is 4.99 Å². The number of carbonyl (C=O) groups excluding carboxylic acids is 1. The van der Waals surface area contributed by atoms with Gasteiger partial charge >= 0.3 is 5.97 Å². The summed E-state index contributed by atoms with van der Waals surface area (Å²) in [6.45, 7) is 3.92. The van der Waals surface area contributed by atoms with E-state index in [-0.39, 0.29) is 11.7 Å². The normalized spacial score (nSPS) is 16.3. The van der Waals surface area contributed by atoms with Crippen LogP contribution < -0.4 is 9.47 Å². The van der Waals surface area contributed by atoms with Gasteiger partial charge in [-0.2, -0.15) is 0 Å². The fourth-order valence-electron chi connectivity index (χ4n) is 2.85. The zero-order valence-corrected chi connectivity index (χ0v) is 19.6. The number of hydrogen-bond donors (Lipinski definition) is 1. The third-order valence-electron chi connectivity index (χ3n) is 4.35. The number of benzene rings is 2. The molecule has 0 bridgehead atoms. The van der Waals surface area contributed by atoms with Crippen molar-refractivity contribution in [3.63, 3.8) is 0 Å². The molecule has 0 unspecified atom stereocenters. The Morgan fingerprint density at radius 1 is 1.29 bits per heavy atom. The van der Waals surface area contributed by atoms with E-state index in [4.69, 9.17) is 14.6 Å². The van der Waals surface area contributed by atoms with Gasteiger partial charge in [0.15, 0.2) is 23.3 Å². The Morgan fingerprint density at radius 3 is 2.61 bits per heavy atom. The van der Waals surface area contributed by atoms with Crippen LogP contribution in [0.1, 0.15) is 18.1 Å². The van der Waals surface area contributed by atoms with E-state index >= 15 is 0 Å². The first-order valence-electron chi connectivity index (χ1n) is 9.41. The topological polar surface area (TPSA) is 88.4 Å². The van der Waals surface area contributed by atoms with Crippen LogP contribution in [0.5, 0.6) is 11.5 Å². The summed E-state index contributed by atoms with van der Waals surface area (Å²) in [6.07, 6.45) is 1.75. The van der Waals surface area contributed by atoms with Crippen LogP contribution in [0, 0.1) is 6.92 Å². The Bertz CT molecular complexity index is 1070. The summed E-state index contributed by atoms with van der Waals surface area (Å²) < 4.78 is 11.2. The molecule has 1 N–H and O–H groups in total. The third kappa shape index (κ3) is 5.48. The zero-order chi connectivity index (χ0) is 22.5. The standard InChI is InChI=1S/C22H21BrN2O5S/c1-4-25-21(28)18(31-22(25)24-15-7-5-13(2)6-8-15)11-14-9-16(23)20(17(10-14)29-3)30-12-19(26)27/h5-11H,4,12H2,1-3H3,(H,26,27)/b18-11+,24-22?. The molecule has 0 saturated carbocycles. The van der Waals surface area contributed by atoms with E-state index in [1.54, 1.807) is 23.1 Å². The molecular formula is C22H21BrN2O5S. The second kappa shape index (κ2) is 10.0. The molecule has 1 aliphatic heterocycles. The molecule has 162 valence electrons. The molecule has 1 heterocycles. The van der Waals surface area contributed by atoms with Crippen molar-refractivity contribution in [3.05, 3.63) is 56.9 Å². The second-order valence-electron chi connectivity index (χ2n) is 6.61. The number of methoxy groups -OCH3 is 1. The number of nitrogens with zero attached hydrogens (tertiary/aromatic N) is 2. The van der Waals surface area contributed by atoms with Gasteiger partial charge in [-0.05, 0) is 77.4 Å². The van der Waals surface area contributed by atoms with Crippen molar-refractivity contribution >= 4 is 56.5 Å². The fourth-order valence-corrected chi connectivity index (χ4v) is 4.49. The summed E-state index contributed by atoms with van der Waals surface area (Å²) >= 11 is 4.69. The van der Waals surface area contributed by atoms with Gasteiger partial charge < -0.3 is 14.6 Å². The molecule has 0 aromatic heterocycles. The number of thioether (sulfide) groups is 1. The number of carboxylic acid groups (broad SMARTS) is 1. The zero-order valence-electron chi connectivity index (χ0n) is 17.2. The van der Waals surface area contributed by atoms with Crippen molar-refractivity contribution in [1.29, 1.82) is 0 Å². The van der Waals surface area contributed by atoms with E-state index in [2.05, 4.69) is 20.9 Å². The molecule has 0 aliphatic carbocycles. The molecule has 0 spiro atoms. The Morgan fingerprint density at radius 2 is 2.00 bits per heavy atom. The predicted octanol–water partition coefficient (Wildman–Crippen LogP) is 4.85. The van der Waals surface area contributed by atoms with Gasteiger partial charge in [0.05, 0.1) is 22.2 Å². The van der Waals surface area contributed by atoms with Gasteiger partial charge in [0.25, 0.3) is 5.91 Å². The molecule has 2 aromatic rings. The third-order valence-corrected chi connectivity index (χ3v) is 5.95. The monoisotopic (exact) mass is 504 g/mol. The van der Waals surface area contributed by atoms with Crippen LogP contribution in [0.3, 0.4) is 0 Å². The number of halogens is 1. The molecule has 3 rings (SSSR count). The number of hydrogen-bond acceptors (Lipinski definition) is 6. The number of aliphatic imine (C=N–C) groups is 1. The summed E-state index contributed by atoms with van der Waals surface area (Å²) in [5.74, 6) is -0.569. The largest absolute Gasteiger partial charge is 0.493 e. The quantitative estimate of drug-likeness (QED) is 0.542. The van der Waals surface area contributed by atoms with Crippen LogP contribution in [-0.4, -0.2) is 47.3 Å². The average molecular weight is 505 g/mol. The maximum absolute atomic E-state index is 12.9. The van der Waals surface area contributed by atoms with Crippen LogP contribution in [0.15, 0.2) is 50.8 Å². The molecule has 0 radical (unpaired) electrons. The first-order chi connectivity index (χ1) is 14.8. The number of rotatable bonds is 7. The lowest BCUT2D eigenvalue weighted by molar-refractivity contribution is -0.139. The van der Waals surface area contributed by atoms with Gasteiger partial charge in [0.2, 0.25) is 0 Å². The highest BCUT2D eigenvalue weighted by Crippen LogP contribution is 2.39. The van der Waals surface area contributed by atoms with Crippen molar-refractivity contribution in [1.82, 2.24) is 4.90 Å². The van der Waals surface area contributed by atoms with Crippen molar-refractivity contribution in [3.8, 4) is 11.5 Å². The van der Waals surface area contributed by atoms with E-state index in [0.717, 1.165) is 11.3 Å². The Hall–Kier alpha value is -2.78. The molecule has 2 aromatic carbocycles.